The van der Waals surface area contributed by atoms with Gasteiger partial charge in [0.1, 0.15) is 5.75 Å². The van der Waals surface area contributed by atoms with E-state index in [9.17, 15) is 9.59 Å². The lowest BCUT2D eigenvalue weighted by molar-refractivity contribution is -0.120. The molecule has 6 nitrogen and oxygen atoms in total. The van der Waals surface area contributed by atoms with E-state index in [0.29, 0.717) is 5.39 Å². The SMILES string of the molecule is COc1cccc(CC(=O)NCc2nn(C3CCCC3)c(=O)c3ccccc23)c1. The Morgan fingerprint density at radius 1 is 1.14 bits per heavy atom. The second kappa shape index (κ2) is 8.47. The Labute approximate surface area is 169 Å². The number of rotatable bonds is 6. The van der Waals surface area contributed by atoms with Crippen LogP contribution in [0.2, 0.25) is 0 Å². The number of hydrogen-bond acceptors (Lipinski definition) is 4. The van der Waals surface area contributed by atoms with Crippen LogP contribution in [0, 0.1) is 0 Å². The van der Waals surface area contributed by atoms with Crippen molar-refractivity contribution in [1.29, 1.82) is 0 Å². The third-order valence-corrected chi connectivity index (χ3v) is 5.53. The Morgan fingerprint density at radius 2 is 1.90 bits per heavy atom. The van der Waals surface area contributed by atoms with Crippen molar-refractivity contribution in [2.45, 2.75) is 44.7 Å². The highest BCUT2D eigenvalue weighted by Gasteiger charge is 2.21. The van der Waals surface area contributed by atoms with Crippen LogP contribution >= 0.6 is 0 Å². The van der Waals surface area contributed by atoms with E-state index in [1.54, 1.807) is 11.8 Å². The zero-order valence-electron chi connectivity index (χ0n) is 16.6. The molecule has 0 bridgehead atoms. The smallest absolute Gasteiger partial charge is 0.274 e. The van der Waals surface area contributed by atoms with E-state index in [1.165, 1.54) is 0 Å². The fraction of sp³-hybridized carbons (Fsp3) is 0.348. The number of nitrogens with one attached hydrogen (secondary N) is 1. The van der Waals surface area contributed by atoms with Crippen LogP contribution < -0.4 is 15.6 Å². The Kier molecular flexibility index (Phi) is 5.60. The number of fused-ring (bicyclic) bond motifs is 1. The minimum absolute atomic E-state index is 0.0426. The lowest BCUT2D eigenvalue weighted by Gasteiger charge is -2.16. The molecule has 0 aliphatic heterocycles. The first-order valence-electron chi connectivity index (χ1n) is 10.1. The summed E-state index contributed by atoms with van der Waals surface area (Å²) in [6.07, 6.45) is 4.47. The Morgan fingerprint density at radius 3 is 2.66 bits per heavy atom. The van der Waals surface area contributed by atoms with Gasteiger partial charge in [-0.3, -0.25) is 9.59 Å². The van der Waals surface area contributed by atoms with Crippen molar-refractivity contribution in [2.75, 3.05) is 7.11 Å². The summed E-state index contributed by atoms with van der Waals surface area (Å²) < 4.78 is 6.85. The zero-order valence-corrected chi connectivity index (χ0v) is 16.6. The summed E-state index contributed by atoms with van der Waals surface area (Å²) in [4.78, 5) is 25.4. The molecule has 1 heterocycles. The molecule has 1 N–H and O–H groups in total. The van der Waals surface area contributed by atoms with Gasteiger partial charge in [-0.2, -0.15) is 5.10 Å². The van der Waals surface area contributed by atoms with Crippen molar-refractivity contribution in [3.05, 3.63) is 70.1 Å². The first-order valence-corrected chi connectivity index (χ1v) is 10.1. The quantitative estimate of drug-likeness (QED) is 0.699. The third-order valence-electron chi connectivity index (χ3n) is 5.53. The fourth-order valence-corrected chi connectivity index (χ4v) is 4.01. The van der Waals surface area contributed by atoms with Crippen LogP contribution in [-0.4, -0.2) is 22.8 Å². The standard InChI is InChI=1S/C23H25N3O3/c1-29-18-10-6-7-16(13-18)14-22(27)24-15-21-19-11-4-5-12-20(19)23(28)26(25-21)17-8-2-3-9-17/h4-7,10-13,17H,2-3,8-9,14-15H2,1H3,(H,24,27). The molecule has 3 aromatic rings. The molecule has 1 aliphatic rings. The molecule has 1 saturated carbocycles. The van der Waals surface area contributed by atoms with Gasteiger partial charge >= 0.3 is 0 Å². The molecule has 1 aromatic heterocycles. The summed E-state index contributed by atoms with van der Waals surface area (Å²) in [5.41, 5.74) is 1.57. The molecule has 0 radical (unpaired) electrons. The van der Waals surface area contributed by atoms with Crippen LogP contribution in [0.1, 0.15) is 43.0 Å². The predicted octanol–water partition coefficient (Wildman–Crippen LogP) is 3.38. The maximum atomic E-state index is 12.9. The second-order valence-electron chi connectivity index (χ2n) is 7.49. The van der Waals surface area contributed by atoms with E-state index in [4.69, 9.17) is 4.74 Å². The molecule has 4 rings (SSSR count). The summed E-state index contributed by atoms with van der Waals surface area (Å²) in [5, 5.41) is 9.07. The number of amides is 1. The van der Waals surface area contributed by atoms with Crippen molar-refractivity contribution in [3.8, 4) is 5.75 Å². The molecule has 0 unspecified atom stereocenters. The molecule has 1 amide bonds. The molecule has 2 aromatic carbocycles. The molecule has 150 valence electrons. The maximum absolute atomic E-state index is 12.9. The van der Waals surface area contributed by atoms with Gasteiger partial charge in [-0.05, 0) is 36.6 Å². The molecule has 29 heavy (non-hydrogen) atoms. The molecule has 1 fully saturated rings. The molecule has 0 spiro atoms. The van der Waals surface area contributed by atoms with Gasteiger partial charge < -0.3 is 10.1 Å². The van der Waals surface area contributed by atoms with Gasteiger partial charge in [0, 0.05) is 5.39 Å². The van der Waals surface area contributed by atoms with E-state index in [-0.39, 0.29) is 30.5 Å². The van der Waals surface area contributed by atoms with Crippen LogP contribution in [0.15, 0.2) is 53.3 Å². The highest BCUT2D eigenvalue weighted by molar-refractivity contribution is 5.84. The number of ether oxygens (including phenoxy) is 1. The van der Waals surface area contributed by atoms with Crippen LogP contribution in [-0.2, 0) is 17.8 Å². The molecule has 0 atom stereocenters. The highest BCUT2D eigenvalue weighted by atomic mass is 16.5. The molecule has 6 heteroatoms. The van der Waals surface area contributed by atoms with Crippen LogP contribution in [0.5, 0.6) is 5.75 Å². The second-order valence-corrected chi connectivity index (χ2v) is 7.49. The summed E-state index contributed by atoms with van der Waals surface area (Å²) in [6.45, 7) is 0.288. The Hall–Kier alpha value is -3.15. The first-order chi connectivity index (χ1) is 14.2. The average Bonchev–Trinajstić information content (AvgIpc) is 3.28. The van der Waals surface area contributed by atoms with Crippen molar-refractivity contribution in [3.63, 3.8) is 0 Å². The largest absolute Gasteiger partial charge is 0.497 e. The normalized spacial score (nSPS) is 14.2. The van der Waals surface area contributed by atoms with Crippen molar-refractivity contribution in [2.24, 2.45) is 0 Å². The van der Waals surface area contributed by atoms with Gasteiger partial charge in [-0.15, -0.1) is 0 Å². The van der Waals surface area contributed by atoms with E-state index in [1.807, 2.05) is 48.5 Å². The molecular weight excluding hydrogens is 366 g/mol. The number of benzene rings is 2. The zero-order chi connectivity index (χ0) is 20.2. The maximum Gasteiger partial charge on any atom is 0.274 e. The average molecular weight is 391 g/mol. The van der Waals surface area contributed by atoms with Crippen molar-refractivity contribution < 1.29 is 9.53 Å². The number of aromatic nitrogens is 2. The molecular formula is C23H25N3O3. The first kappa shape index (κ1) is 19.2. The van der Waals surface area contributed by atoms with Crippen molar-refractivity contribution >= 4 is 16.7 Å². The topological polar surface area (TPSA) is 73.2 Å². The Bertz CT molecular complexity index is 1080. The summed E-state index contributed by atoms with van der Waals surface area (Å²) in [7, 11) is 1.61. The van der Waals surface area contributed by atoms with Crippen LogP contribution in [0.3, 0.4) is 0 Å². The van der Waals surface area contributed by atoms with E-state index >= 15 is 0 Å². The number of nitrogens with zero attached hydrogens (tertiary/aromatic N) is 2. The number of methoxy groups -OCH3 is 1. The van der Waals surface area contributed by atoms with Crippen molar-refractivity contribution in [1.82, 2.24) is 15.1 Å². The van der Waals surface area contributed by atoms with Crippen LogP contribution in [0.25, 0.3) is 10.8 Å². The minimum atomic E-state index is -0.0947. The molecule has 0 saturated heterocycles. The van der Waals surface area contributed by atoms with Gasteiger partial charge in [0.15, 0.2) is 0 Å². The number of carbonyl (C=O) groups is 1. The summed E-state index contributed by atoms with van der Waals surface area (Å²) >= 11 is 0. The van der Waals surface area contributed by atoms with E-state index < -0.39 is 0 Å². The predicted molar refractivity (Wildman–Crippen MR) is 112 cm³/mol. The summed E-state index contributed by atoms with van der Waals surface area (Å²) in [5.74, 6) is 0.634. The van der Waals surface area contributed by atoms with Gasteiger partial charge in [0.25, 0.3) is 5.56 Å². The minimum Gasteiger partial charge on any atom is -0.497 e. The highest BCUT2D eigenvalue weighted by Crippen LogP contribution is 2.28. The van der Waals surface area contributed by atoms with Gasteiger partial charge in [-0.25, -0.2) is 4.68 Å². The lowest BCUT2D eigenvalue weighted by atomic mass is 10.1. The third kappa shape index (κ3) is 4.16. The van der Waals surface area contributed by atoms with E-state index in [2.05, 4.69) is 10.4 Å². The van der Waals surface area contributed by atoms with Gasteiger partial charge in [-0.1, -0.05) is 43.2 Å². The monoisotopic (exact) mass is 391 g/mol. The fourth-order valence-electron chi connectivity index (χ4n) is 4.01. The summed E-state index contributed by atoms with van der Waals surface area (Å²) in [6, 6.07) is 15.1. The lowest BCUT2D eigenvalue weighted by Crippen LogP contribution is -2.30. The van der Waals surface area contributed by atoms with Gasteiger partial charge in [0.05, 0.1) is 37.2 Å². The number of carbonyl (C=O) groups excluding carboxylic acids is 1. The van der Waals surface area contributed by atoms with Gasteiger partial charge in [0.2, 0.25) is 5.91 Å². The molecule has 1 aliphatic carbocycles. The van der Waals surface area contributed by atoms with E-state index in [0.717, 1.165) is 48.1 Å². The Balaban J connectivity index is 1.56. The van der Waals surface area contributed by atoms with Crippen LogP contribution in [0.4, 0.5) is 0 Å². The number of hydrogen-bond donors (Lipinski definition) is 1.